The Kier molecular flexibility index (Phi) is 8.24. The zero-order valence-electron chi connectivity index (χ0n) is 17.9. The molecule has 1 fully saturated rings. The second kappa shape index (κ2) is 11.1. The number of benzene rings is 2. The molecular formula is C23H26ClN3O6. The van der Waals surface area contributed by atoms with Crippen LogP contribution in [0.1, 0.15) is 31.2 Å². The van der Waals surface area contributed by atoms with Gasteiger partial charge in [0, 0.05) is 29.5 Å². The fourth-order valence-corrected chi connectivity index (χ4v) is 4.09. The smallest absolute Gasteiger partial charge is 0.326 e. The van der Waals surface area contributed by atoms with Crippen LogP contribution in [0.3, 0.4) is 0 Å². The number of hydrogen-bond acceptors (Lipinski definition) is 6. The molecule has 1 atom stereocenters. The van der Waals surface area contributed by atoms with E-state index >= 15 is 0 Å². The van der Waals surface area contributed by atoms with Crippen molar-refractivity contribution in [3.05, 3.63) is 63.2 Å². The Morgan fingerprint density at radius 1 is 1.18 bits per heavy atom. The number of ether oxygens (including phenoxy) is 1. The number of aliphatic carboxylic acids is 1. The summed E-state index contributed by atoms with van der Waals surface area (Å²) in [5.74, 6) is -0.797. The molecule has 10 heteroatoms. The molecule has 0 heterocycles. The number of nitrogens with two attached hydrogens (primary N) is 1. The van der Waals surface area contributed by atoms with E-state index in [9.17, 15) is 24.8 Å². The highest BCUT2D eigenvalue weighted by atomic mass is 35.5. The summed E-state index contributed by atoms with van der Waals surface area (Å²) in [4.78, 5) is 34.9. The molecule has 1 aliphatic rings. The van der Waals surface area contributed by atoms with Gasteiger partial charge in [-0.05, 0) is 61.9 Å². The van der Waals surface area contributed by atoms with Gasteiger partial charge >= 0.3 is 11.7 Å². The van der Waals surface area contributed by atoms with Crippen molar-refractivity contribution in [1.82, 2.24) is 5.32 Å². The number of carboxylic acid groups (broad SMARTS) is 1. The lowest BCUT2D eigenvalue weighted by Gasteiger charge is -2.27. The zero-order valence-corrected chi connectivity index (χ0v) is 18.7. The number of hydrogen-bond donors (Lipinski definition) is 3. The number of nitro benzene ring substituents is 1. The summed E-state index contributed by atoms with van der Waals surface area (Å²) in [5.41, 5.74) is 6.13. The highest BCUT2D eigenvalue weighted by Gasteiger charge is 2.29. The average molecular weight is 476 g/mol. The van der Waals surface area contributed by atoms with Crippen LogP contribution in [-0.2, 0) is 16.0 Å². The molecule has 0 saturated heterocycles. The van der Waals surface area contributed by atoms with Crippen molar-refractivity contribution in [3.8, 4) is 11.5 Å². The van der Waals surface area contributed by atoms with Gasteiger partial charge in [-0.25, -0.2) is 4.79 Å². The largest absolute Gasteiger partial charge is 0.480 e. The van der Waals surface area contributed by atoms with E-state index in [1.165, 1.54) is 18.2 Å². The number of carboxylic acids is 1. The van der Waals surface area contributed by atoms with Crippen molar-refractivity contribution < 1.29 is 24.4 Å². The Balaban J connectivity index is 1.63. The van der Waals surface area contributed by atoms with Crippen LogP contribution in [0.2, 0.25) is 5.02 Å². The fraction of sp³-hybridized carbons (Fsp3) is 0.391. The summed E-state index contributed by atoms with van der Waals surface area (Å²) >= 11 is 5.91. The van der Waals surface area contributed by atoms with Crippen LogP contribution in [0, 0.1) is 22.0 Å². The first-order valence-corrected chi connectivity index (χ1v) is 11.1. The Hall–Kier alpha value is -3.17. The second-order valence-electron chi connectivity index (χ2n) is 8.17. The van der Waals surface area contributed by atoms with Gasteiger partial charge in [0.2, 0.25) is 11.7 Å². The van der Waals surface area contributed by atoms with E-state index in [1.807, 2.05) is 0 Å². The number of rotatable bonds is 9. The zero-order chi connectivity index (χ0) is 24.0. The summed E-state index contributed by atoms with van der Waals surface area (Å²) in [6.45, 7) is 0.608. The van der Waals surface area contributed by atoms with E-state index in [0.29, 0.717) is 41.6 Å². The van der Waals surface area contributed by atoms with Gasteiger partial charge in [0.15, 0.2) is 0 Å². The fourth-order valence-electron chi connectivity index (χ4n) is 3.93. The summed E-state index contributed by atoms with van der Waals surface area (Å²) < 4.78 is 5.60. The molecule has 1 aliphatic carbocycles. The van der Waals surface area contributed by atoms with Crippen molar-refractivity contribution in [2.45, 2.75) is 38.1 Å². The first-order chi connectivity index (χ1) is 15.8. The molecule has 0 aliphatic heterocycles. The van der Waals surface area contributed by atoms with Crippen LogP contribution >= 0.6 is 11.6 Å². The van der Waals surface area contributed by atoms with Gasteiger partial charge in [-0.1, -0.05) is 23.7 Å². The van der Waals surface area contributed by atoms with Crippen LogP contribution < -0.4 is 15.8 Å². The van der Waals surface area contributed by atoms with Gasteiger partial charge in [0.1, 0.15) is 11.8 Å². The Labute approximate surface area is 196 Å². The maximum Gasteiger partial charge on any atom is 0.326 e. The predicted octanol–water partition coefficient (Wildman–Crippen LogP) is 3.92. The molecule has 2 aromatic rings. The summed E-state index contributed by atoms with van der Waals surface area (Å²) in [6.07, 6.45) is 3.26. The molecule has 0 spiro atoms. The number of nitrogens with zero attached hydrogens (tertiary/aromatic N) is 1. The van der Waals surface area contributed by atoms with E-state index in [1.54, 1.807) is 24.3 Å². The van der Waals surface area contributed by atoms with Gasteiger partial charge in [-0.3, -0.25) is 14.9 Å². The van der Waals surface area contributed by atoms with Crippen molar-refractivity contribution >= 4 is 29.2 Å². The molecule has 1 saturated carbocycles. The van der Waals surface area contributed by atoms with Crippen LogP contribution in [0.15, 0.2) is 42.5 Å². The molecule has 0 unspecified atom stereocenters. The minimum Gasteiger partial charge on any atom is -0.480 e. The van der Waals surface area contributed by atoms with E-state index in [4.69, 9.17) is 22.1 Å². The number of halogens is 1. The summed E-state index contributed by atoms with van der Waals surface area (Å²) in [5, 5.41) is 23.7. The van der Waals surface area contributed by atoms with E-state index in [0.717, 1.165) is 12.8 Å². The lowest BCUT2D eigenvalue weighted by Crippen LogP contribution is -2.45. The lowest BCUT2D eigenvalue weighted by atomic mass is 9.81. The third kappa shape index (κ3) is 6.66. The number of nitro groups is 1. The lowest BCUT2D eigenvalue weighted by molar-refractivity contribution is -0.385. The standard InChI is InChI=1S/C23H26ClN3O6/c24-17-7-10-20(27(31)32)21(12-17)33-18-8-3-14(4-9-18)11-19(23(29)30)26-22(28)16-5-1-15(13-25)2-6-16/h3-4,7-10,12,15-16,19H,1-2,5-6,11,13,25H2,(H,26,28)(H,29,30)/t15?,16?,19-/m0/s1. The maximum atomic E-state index is 12.6. The van der Waals surface area contributed by atoms with Gasteiger partial charge < -0.3 is 20.9 Å². The Morgan fingerprint density at radius 2 is 1.85 bits per heavy atom. The number of carbonyl (C=O) groups is 2. The molecule has 4 N–H and O–H groups in total. The maximum absolute atomic E-state index is 12.6. The van der Waals surface area contributed by atoms with E-state index < -0.39 is 16.9 Å². The molecule has 0 aromatic heterocycles. The number of amides is 1. The predicted molar refractivity (Wildman–Crippen MR) is 122 cm³/mol. The molecule has 33 heavy (non-hydrogen) atoms. The molecular weight excluding hydrogens is 450 g/mol. The second-order valence-corrected chi connectivity index (χ2v) is 8.61. The first-order valence-electron chi connectivity index (χ1n) is 10.7. The average Bonchev–Trinajstić information content (AvgIpc) is 2.79. The molecule has 1 amide bonds. The number of carbonyl (C=O) groups excluding carboxylic acids is 1. The topological polar surface area (TPSA) is 145 Å². The van der Waals surface area contributed by atoms with Crippen molar-refractivity contribution in [1.29, 1.82) is 0 Å². The molecule has 176 valence electrons. The number of nitrogens with one attached hydrogen (secondary N) is 1. The Bertz CT molecular complexity index is 1010. The van der Waals surface area contributed by atoms with E-state index in [2.05, 4.69) is 5.32 Å². The van der Waals surface area contributed by atoms with Crippen molar-refractivity contribution in [2.24, 2.45) is 17.6 Å². The van der Waals surface area contributed by atoms with Gasteiger partial charge in [0.25, 0.3) is 0 Å². The van der Waals surface area contributed by atoms with Crippen molar-refractivity contribution in [2.75, 3.05) is 6.54 Å². The molecule has 9 nitrogen and oxygen atoms in total. The molecule has 3 rings (SSSR count). The van der Waals surface area contributed by atoms with Crippen LogP contribution in [0.4, 0.5) is 5.69 Å². The third-order valence-electron chi connectivity index (χ3n) is 5.88. The van der Waals surface area contributed by atoms with Crippen LogP contribution in [0.5, 0.6) is 11.5 Å². The SMILES string of the molecule is NCC1CCC(C(=O)N[C@@H](Cc2ccc(Oc3cc(Cl)ccc3[N+](=O)[O-])cc2)C(=O)O)CC1. The molecule has 0 bridgehead atoms. The molecule has 0 radical (unpaired) electrons. The monoisotopic (exact) mass is 475 g/mol. The summed E-state index contributed by atoms with van der Waals surface area (Å²) in [7, 11) is 0. The highest BCUT2D eigenvalue weighted by molar-refractivity contribution is 6.30. The highest BCUT2D eigenvalue weighted by Crippen LogP contribution is 2.34. The van der Waals surface area contributed by atoms with E-state index in [-0.39, 0.29) is 29.7 Å². The van der Waals surface area contributed by atoms with Gasteiger partial charge in [-0.2, -0.15) is 0 Å². The van der Waals surface area contributed by atoms with Crippen molar-refractivity contribution in [3.63, 3.8) is 0 Å². The van der Waals surface area contributed by atoms with Crippen LogP contribution in [0.25, 0.3) is 0 Å². The molecule has 2 aromatic carbocycles. The van der Waals surface area contributed by atoms with Gasteiger partial charge in [-0.15, -0.1) is 0 Å². The van der Waals surface area contributed by atoms with Gasteiger partial charge in [0.05, 0.1) is 4.92 Å². The Morgan fingerprint density at radius 3 is 2.42 bits per heavy atom. The third-order valence-corrected chi connectivity index (χ3v) is 6.11. The first kappa shape index (κ1) is 24.5. The minimum atomic E-state index is -1.12. The quantitative estimate of drug-likeness (QED) is 0.368. The normalized spacial score (nSPS) is 18.8. The summed E-state index contributed by atoms with van der Waals surface area (Å²) in [6, 6.07) is 9.41. The van der Waals surface area contributed by atoms with Crippen LogP contribution in [-0.4, -0.2) is 34.5 Å². The minimum absolute atomic E-state index is 0.000262.